The zero-order chi connectivity index (χ0) is 14.8. The smallest absolute Gasteiger partial charge is 0.277 e. The predicted molar refractivity (Wildman–Crippen MR) is 74.7 cm³/mol. The van der Waals surface area contributed by atoms with Crippen LogP contribution in [0.1, 0.15) is 29.3 Å². The standard InChI is InChI=1S/C14H12N6O/c1-2-11-12(3-9-5-16-8-17-6-9)19-13-10(4-15)7-18-20(13)14(11)21/h5-8,19H,2-3H2,1H3. The van der Waals surface area contributed by atoms with Crippen LogP contribution >= 0.6 is 0 Å². The Kier molecular flexibility index (Phi) is 3.20. The molecule has 0 aromatic carbocycles. The van der Waals surface area contributed by atoms with E-state index in [1.165, 1.54) is 17.0 Å². The Bertz CT molecular complexity index is 887. The van der Waals surface area contributed by atoms with Crippen LogP contribution in [0.2, 0.25) is 0 Å². The van der Waals surface area contributed by atoms with Gasteiger partial charge in [0.2, 0.25) is 0 Å². The van der Waals surface area contributed by atoms with Crippen molar-refractivity contribution in [1.29, 1.82) is 5.26 Å². The first-order chi connectivity index (χ1) is 10.2. The van der Waals surface area contributed by atoms with Crippen molar-refractivity contribution in [2.75, 3.05) is 0 Å². The summed E-state index contributed by atoms with van der Waals surface area (Å²) in [6.07, 6.45) is 7.35. The Morgan fingerprint density at radius 3 is 2.76 bits per heavy atom. The fourth-order valence-corrected chi connectivity index (χ4v) is 2.32. The fourth-order valence-electron chi connectivity index (χ4n) is 2.32. The number of aromatic nitrogens is 5. The largest absolute Gasteiger partial charge is 0.342 e. The molecular formula is C14H12N6O. The molecule has 0 unspecified atom stereocenters. The molecule has 7 nitrogen and oxygen atoms in total. The number of rotatable bonds is 3. The van der Waals surface area contributed by atoms with Crippen molar-refractivity contribution in [2.45, 2.75) is 19.8 Å². The van der Waals surface area contributed by atoms with Crippen molar-refractivity contribution in [3.05, 3.63) is 57.7 Å². The lowest BCUT2D eigenvalue weighted by molar-refractivity contribution is 0.839. The van der Waals surface area contributed by atoms with E-state index in [1.807, 2.05) is 13.0 Å². The van der Waals surface area contributed by atoms with Crippen LogP contribution in [0.3, 0.4) is 0 Å². The second kappa shape index (κ2) is 5.17. The molecule has 7 heteroatoms. The molecule has 0 aliphatic heterocycles. The molecular weight excluding hydrogens is 268 g/mol. The third-order valence-corrected chi connectivity index (χ3v) is 3.32. The molecule has 21 heavy (non-hydrogen) atoms. The number of nitrogens with one attached hydrogen (secondary N) is 1. The average Bonchev–Trinajstić information content (AvgIpc) is 2.92. The predicted octanol–water partition coefficient (Wildman–Crippen LogP) is 0.837. The van der Waals surface area contributed by atoms with Gasteiger partial charge in [0.1, 0.15) is 18.0 Å². The normalized spacial score (nSPS) is 10.7. The molecule has 3 aromatic rings. The minimum atomic E-state index is -0.195. The summed E-state index contributed by atoms with van der Waals surface area (Å²) < 4.78 is 1.24. The molecule has 0 atom stereocenters. The highest BCUT2D eigenvalue weighted by molar-refractivity contribution is 5.54. The Balaban J connectivity index is 2.21. The lowest BCUT2D eigenvalue weighted by atomic mass is 10.1. The van der Waals surface area contributed by atoms with Crippen LogP contribution in [0.5, 0.6) is 0 Å². The highest BCUT2D eigenvalue weighted by atomic mass is 16.1. The van der Waals surface area contributed by atoms with Gasteiger partial charge >= 0.3 is 0 Å². The van der Waals surface area contributed by atoms with Crippen LogP contribution in [0.4, 0.5) is 0 Å². The van der Waals surface area contributed by atoms with E-state index in [2.05, 4.69) is 20.1 Å². The molecule has 3 aromatic heterocycles. The van der Waals surface area contributed by atoms with Crippen molar-refractivity contribution >= 4 is 5.65 Å². The number of hydrogen-bond acceptors (Lipinski definition) is 5. The van der Waals surface area contributed by atoms with Gasteiger partial charge in [0, 0.05) is 30.1 Å². The summed E-state index contributed by atoms with van der Waals surface area (Å²) in [5, 5.41) is 13.0. The van der Waals surface area contributed by atoms with Gasteiger partial charge in [-0.2, -0.15) is 14.9 Å². The molecule has 0 spiro atoms. The monoisotopic (exact) mass is 280 g/mol. The van der Waals surface area contributed by atoms with E-state index in [0.717, 1.165) is 11.3 Å². The van der Waals surface area contributed by atoms with Crippen molar-refractivity contribution in [3.63, 3.8) is 0 Å². The fraction of sp³-hybridized carbons (Fsp3) is 0.214. The maximum atomic E-state index is 12.4. The maximum Gasteiger partial charge on any atom is 0.277 e. The van der Waals surface area contributed by atoms with Crippen LogP contribution in [0.15, 0.2) is 29.7 Å². The van der Waals surface area contributed by atoms with Crippen molar-refractivity contribution < 1.29 is 0 Å². The highest BCUT2D eigenvalue weighted by Gasteiger charge is 2.14. The number of aromatic amines is 1. The number of nitriles is 1. The molecule has 0 saturated heterocycles. The van der Waals surface area contributed by atoms with Crippen molar-refractivity contribution in [1.82, 2.24) is 24.6 Å². The molecule has 0 bridgehead atoms. The van der Waals surface area contributed by atoms with Gasteiger partial charge in [-0.25, -0.2) is 9.97 Å². The summed E-state index contributed by atoms with van der Waals surface area (Å²) in [6.45, 7) is 1.91. The van der Waals surface area contributed by atoms with Crippen LogP contribution < -0.4 is 5.56 Å². The molecule has 0 saturated carbocycles. The third kappa shape index (κ3) is 2.17. The quantitative estimate of drug-likeness (QED) is 0.766. The van der Waals surface area contributed by atoms with E-state index in [0.29, 0.717) is 29.6 Å². The van der Waals surface area contributed by atoms with Crippen LogP contribution in [-0.4, -0.2) is 24.6 Å². The van der Waals surface area contributed by atoms with Gasteiger partial charge in [-0.05, 0) is 12.0 Å². The molecule has 1 N–H and O–H groups in total. The Morgan fingerprint density at radius 2 is 2.10 bits per heavy atom. The summed E-state index contributed by atoms with van der Waals surface area (Å²) in [5.74, 6) is 0. The number of nitrogens with zero attached hydrogens (tertiary/aromatic N) is 5. The van der Waals surface area contributed by atoms with E-state index in [-0.39, 0.29) is 5.56 Å². The van der Waals surface area contributed by atoms with Gasteiger partial charge in [-0.3, -0.25) is 4.79 Å². The minimum Gasteiger partial charge on any atom is -0.342 e. The van der Waals surface area contributed by atoms with Crippen LogP contribution in [-0.2, 0) is 12.8 Å². The number of hydrogen-bond donors (Lipinski definition) is 1. The Morgan fingerprint density at radius 1 is 1.33 bits per heavy atom. The number of H-pyrrole nitrogens is 1. The summed E-state index contributed by atoms with van der Waals surface area (Å²) in [7, 11) is 0. The molecule has 3 heterocycles. The van der Waals surface area contributed by atoms with Crippen LogP contribution in [0, 0.1) is 11.3 Å². The SMILES string of the molecule is CCc1c(Cc2cncnc2)[nH]c2c(C#N)cnn2c1=O. The Labute approximate surface area is 119 Å². The van der Waals surface area contributed by atoms with E-state index in [9.17, 15) is 4.79 Å². The zero-order valence-corrected chi connectivity index (χ0v) is 11.4. The first-order valence-corrected chi connectivity index (χ1v) is 6.50. The molecule has 0 radical (unpaired) electrons. The molecule has 0 aliphatic carbocycles. The van der Waals surface area contributed by atoms with Gasteiger partial charge in [0.25, 0.3) is 5.56 Å². The van der Waals surface area contributed by atoms with Gasteiger partial charge in [-0.1, -0.05) is 6.92 Å². The molecule has 104 valence electrons. The molecule has 0 aliphatic rings. The van der Waals surface area contributed by atoms with E-state index in [4.69, 9.17) is 5.26 Å². The topological polar surface area (TPSA) is 99.7 Å². The highest BCUT2D eigenvalue weighted by Crippen LogP contribution is 2.12. The Hall–Kier alpha value is -3.01. The first-order valence-electron chi connectivity index (χ1n) is 6.50. The molecule has 3 rings (SSSR count). The second-order valence-electron chi connectivity index (χ2n) is 4.59. The van der Waals surface area contributed by atoms with E-state index >= 15 is 0 Å². The average molecular weight is 280 g/mol. The summed E-state index contributed by atoms with van der Waals surface area (Å²) in [6, 6.07) is 2.03. The third-order valence-electron chi connectivity index (χ3n) is 3.32. The van der Waals surface area contributed by atoms with Gasteiger partial charge in [0.15, 0.2) is 5.65 Å². The zero-order valence-electron chi connectivity index (χ0n) is 11.4. The van der Waals surface area contributed by atoms with E-state index < -0.39 is 0 Å². The van der Waals surface area contributed by atoms with Crippen molar-refractivity contribution in [3.8, 4) is 6.07 Å². The molecule has 0 fully saturated rings. The number of fused-ring (bicyclic) bond motifs is 1. The summed E-state index contributed by atoms with van der Waals surface area (Å²) >= 11 is 0. The maximum absolute atomic E-state index is 12.4. The van der Waals surface area contributed by atoms with Gasteiger partial charge < -0.3 is 4.98 Å². The second-order valence-corrected chi connectivity index (χ2v) is 4.59. The summed E-state index contributed by atoms with van der Waals surface area (Å²) in [5.41, 5.74) is 2.89. The summed E-state index contributed by atoms with van der Waals surface area (Å²) in [4.78, 5) is 23.5. The minimum absolute atomic E-state index is 0.195. The van der Waals surface area contributed by atoms with Gasteiger partial charge in [0.05, 0.1) is 6.20 Å². The van der Waals surface area contributed by atoms with Crippen LogP contribution in [0.25, 0.3) is 5.65 Å². The lowest BCUT2D eigenvalue weighted by Gasteiger charge is -2.08. The van der Waals surface area contributed by atoms with E-state index in [1.54, 1.807) is 12.4 Å². The van der Waals surface area contributed by atoms with Gasteiger partial charge in [-0.15, -0.1) is 0 Å². The molecule has 0 amide bonds. The van der Waals surface area contributed by atoms with Crippen molar-refractivity contribution in [2.24, 2.45) is 0 Å². The lowest BCUT2D eigenvalue weighted by Crippen LogP contribution is -2.22. The first kappa shape index (κ1) is 13.0.